The highest BCUT2D eigenvalue weighted by atomic mass is 35.5. The van der Waals surface area contributed by atoms with Crippen LogP contribution in [0.1, 0.15) is 41.0 Å². The third kappa shape index (κ3) is 5.69. The normalized spacial score (nSPS) is 12.1. The van der Waals surface area contributed by atoms with E-state index in [9.17, 15) is 0 Å². The first-order valence-corrected chi connectivity index (χ1v) is 11.4. The van der Waals surface area contributed by atoms with Gasteiger partial charge in [0.2, 0.25) is 0 Å². The van der Waals surface area contributed by atoms with E-state index in [1.807, 2.05) is 42.5 Å². The summed E-state index contributed by atoms with van der Waals surface area (Å²) in [6, 6.07) is 13.6. The Kier molecular flexibility index (Phi) is 6.71. The van der Waals surface area contributed by atoms with E-state index in [2.05, 4.69) is 39.9 Å². The molecular weight excluding hydrogens is 435 g/mol. The second-order valence-electron chi connectivity index (χ2n) is 9.30. The highest BCUT2D eigenvalue weighted by Gasteiger charge is 2.28. The third-order valence-corrected chi connectivity index (χ3v) is 6.34. The average Bonchev–Trinajstić information content (AvgIpc) is 3.05. The molecule has 1 heterocycles. The van der Waals surface area contributed by atoms with Crippen molar-refractivity contribution in [1.82, 2.24) is 4.98 Å². The first-order chi connectivity index (χ1) is 14.0. The molecule has 1 aromatic heterocycles. The molecule has 160 valence electrons. The van der Waals surface area contributed by atoms with E-state index in [-0.39, 0.29) is 11.0 Å². The summed E-state index contributed by atoms with van der Waals surface area (Å²) >= 11 is 14.1. The number of ether oxygens (including phenoxy) is 1. The van der Waals surface area contributed by atoms with E-state index in [0.29, 0.717) is 10.0 Å². The van der Waals surface area contributed by atoms with E-state index in [1.54, 1.807) is 18.4 Å². The summed E-state index contributed by atoms with van der Waals surface area (Å²) in [6.07, 6.45) is 1.01. The molecule has 3 aromatic rings. The minimum atomic E-state index is -0.104. The summed E-state index contributed by atoms with van der Waals surface area (Å²) in [4.78, 5) is 4.97. The molecule has 6 heteroatoms. The average molecular weight is 463 g/mol. The van der Waals surface area contributed by atoms with Gasteiger partial charge in [-0.05, 0) is 62.1 Å². The second kappa shape index (κ2) is 8.78. The van der Waals surface area contributed by atoms with Crippen molar-refractivity contribution in [2.75, 3.05) is 12.4 Å². The van der Waals surface area contributed by atoms with Crippen LogP contribution in [0.25, 0.3) is 21.8 Å². The smallest absolute Gasteiger partial charge is 0.126 e. The largest absolute Gasteiger partial charge is 0.497 e. The molecule has 0 radical (unpaired) electrons. The van der Waals surface area contributed by atoms with Crippen LogP contribution in [0.3, 0.4) is 0 Å². The predicted octanol–water partition coefficient (Wildman–Crippen LogP) is 8.42. The molecular formula is C24H28Cl2N2OS. The Morgan fingerprint density at radius 1 is 0.933 bits per heavy atom. The summed E-state index contributed by atoms with van der Waals surface area (Å²) in [5.41, 5.74) is 2.96. The molecule has 0 aliphatic rings. The zero-order chi connectivity index (χ0) is 22.1. The Bertz CT molecular complexity index is 1020. The van der Waals surface area contributed by atoms with Gasteiger partial charge in [-0.1, -0.05) is 61.4 Å². The van der Waals surface area contributed by atoms with Crippen molar-refractivity contribution in [3.05, 3.63) is 52.5 Å². The number of anilines is 1. The number of rotatable bonds is 6. The van der Waals surface area contributed by atoms with Gasteiger partial charge in [-0.2, -0.15) is 0 Å². The lowest BCUT2D eigenvalue weighted by Gasteiger charge is -2.33. The zero-order valence-corrected chi connectivity index (χ0v) is 20.6. The van der Waals surface area contributed by atoms with Gasteiger partial charge in [-0.3, -0.25) is 0 Å². The van der Waals surface area contributed by atoms with Crippen molar-refractivity contribution < 1.29 is 4.74 Å². The molecule has 3 rings (SSSR count). The van der Waals surface area contributed by atoms with Crippen molar-refractivity contribution in [2.24, 2.45) is 5.41 Å². The van der Waals surface area contributed by atoms with Crippen molar-refractivity contribution in [3.8, 4) is 27.6 Å². The fraction of sp³-hybridized carbons (Fsp3) is 0.375. The SMILES string of the molecule is COc1ccc(-c2nc(-c3ccc(Cl)c(Cl)c3)c(NC(C)(C)CC(C)(C)C)s2)cc1. The van der Waals surface area contributed by atoms with Gasteiger partial charge in [0.1, 0.15) is 21.5 Å². The Balaban J connectivity index is 2.05. The molecule has 1 N–H and O–H groups in total. The number of hydrogen-bond donors (Lipinski definition) is 1. The Morgan fingerprint density at radius 2 is 1.57 bits per heavy atom. The highest BCUT2D eigenvalue weighted by molar-refractivity contribution is 7.19. The minimum absolute atomic E-state index is 0.104. The molecule has 0 atom stereocenters. The van der Waals surface area contributed by atoms with Gasteiger partial charge in [-0.15, -0.1) is 0 Å². The molecule has 0 aliphatic carbocycles. The molecule has 30 heavy (non-hydrogen) atoms. The van der Waals surface area contributed by atoms with Gasteiger partial charge < -0.3 is 10.1 Å². The van der Waals surface area contributed by atoms with Gasteiger partial charge in [-0.25, -0.2) is 4.98 Å². The molecule has 0 fully saturated rings. The third-order valence-electron chi connectivity index (χ3n) is 4.58. The number of hydrogen-bond acceptors (Lipinski definition) is 4. The van der Waals surface area contributed by atoms with Crippen LogP contribution in [-0.4, -0.2) is 17.6 Å². The molecule has 0 bridgehead atoms. The van der Waals surface area contributed by atoms with Gasteiger partial charge in [0, 0.05) is 16.7 Å². The predicted molar refractivity (Wildman–Crippen MR) is 131 cm³/mol. The molecule has 0 unspecified atom stereocenters. The number of methoxy groups -OCH3 is 1. The van der Waals surface area contributed by atoms with E-state index >= 15 is 0 Å². The number of nitrogens with zero attached hydrogens (tertiary/aromatic N) is 1. The molecule has 0 spiro atoms. The summed E-state index contributed by atoms with van der Waals surface area (Å²) in [5.74, 6) is 0.824. The first kappa shape index (κ1) is 22.9. The van der Waals surface area contributed by atoms with Gasteiger partial charge in [0.25, 0.3) is 0 Å². The second-order valence-corrected chi connectivity index (χ2v) is 11.1. The minimum Gasteiger partial charge on any atom is -0.497 e. The van der Waals surface area contributed by atoms with Crippen molar-refractivity contribution >= 4 is 39.5 Å². The quantitative estimate of drug-likeness (QED) is 0.398. The van der Waals surface area contributed by atoms with Crippen LogP contribution in [0.5, 0.6) is 5.75 Å². The van der Waals surface area contributed by atoms with Gasteiger partial charge in [0.05, 0.1) is 17.2 Å². The standard InChI is InChI=1S/C24H28Cl2N2OS/c1-23(2,3)14-24(4,5)28-22-20(16-9-12-18(25)19(26)13-16)27-21(30-22)15-7-10-17(29-6)11-8-15/h7-13,28H,14H2,1-6H3. The fourth-order valence-electron chi connectivity index (χ4n) is 3.78. The molecule has 0 aliphatic heterocycles. The Morgan fingerprint density at radius 3 is 2.13 bits per heavy atom. The van der Waals surface area contributed by atoms with Gasteiger partial charge >= 0.3 is 0 Å². The molecule has 0 amide bonds. The van der Waals surface area contributed by atoms with Crippen LogP contribution < -0.4 is 10.1 Å². The summed E-state index contributed by atoms with van der Waals surface area (Å²) in [7, 11) is 1.67. The van der Waals surface area contributed by atoms with Crippen LogP contribution in [0.4, 0.5) is 5.00 Å². The Hall–Kier alpha value is -1.75. The zero-order valence-electron chi connectivity index (χ0n) is 18.3. The summed E-state index contributed by atoms with van der Waals surface area (Å²) in [5, 5.41) is 6.76. The number of thiazole rings is 1. The topological polar surface area (TPSA) is 34.1 Å². The molecule has 0 saturated heterocycles. The fourth-order valence-corrected chi connectivity index (χ4v) is 5.25. The number of aromatic nitrogens is 1. The van der Waals surface area contributed by atoms with Crippen molar-refractivity contribution in [1.29, 1.82) is 0 Å². The molecule has 0 saturated carbocycles. The van der Waals surface area contributed by atoms with Gasteiger partial charge in [0.15, 0.2) is 0 Å². The summed E-state index contributed by atoms with van der Waals surface area (Å²) < 4.78 is 5.28. The maximum Gasteiger partial charge on any atom is 0.126 e. The number of benzene rings is 2. The van der Waals surface area contributed by atoms with Crippen molar-refractivity contribution in [2.45, 2.75) is 46.6 Å². The Labute approximate surface area is 193 Å². The van der Waals surface area contributed by atoms with Crippen molar-refractivity contribution in [3.63, 3.8) is 0 Å². The van der Waals surface area contributed by atoms with E-state index < -0.39 is 0 Å². The van der Waals surface area contributed by atoms with Crippen LogP contribution in [0, 0.1) is 5.41 Å². The van der Waals surface area contributed by atoms with Crippen LogP contribution in [-0.2, 0) is 0 Å². The number of nitrogens with one attached hydrogen (secondary N) is 1. The molecule has 3 nitrogen and oxygen atoms in total. The lowest BCUT2D eigenvalue weighted by atomic mass is 9.82. The summed E-state index contributed by atoms with van der Waals surface area (Å²) in [6.45, 7) is 11.2. The maximum absolute atomic E-state index is 6.30. The monoisotopic (exact) mass is 462 g/mol. The molecule has 2 aromatic carbocycles. The number of halogens is 2. The van der Waals surface area contributed by atoms with Crippen LogP contribution in [0.15, 0.2) is 42.5 Å². The van der Waals surface area contributed by atoms with E-state index in [4.69, 9.17) is 32.9 Å². The van der Waals surface area contributed by atoms with E-state index in [0.717, 1.165) is 39.0 Å². The lowest BCUT2D eigenvalue weighted by Crippen LogP contribution is -2.35. The first-order valence-electron chi connectivity index (χ1n) is 9.86. The van der Waals surface area contributed by atoms with E-state index in [1.165, 1.54) is 0 Å². The maximum atomic E-state index is 6.30. The van der Waals surface area contributed by atoms with Crippen LogP contribution in [0.2, 0.25) is 10.0 Å². The van der Waals surface area contributed by atoms with Crippen LogP contribution >= 0.6 is 34.5 Å². The lowest BCUT2D eigenvalue weighted by molar-refractivity contribution is 0.303. The highest BCUT2D eigenvalue weighted by Crippen LogP contribution is 2.42.